The standard InChI is InChI=1S/C20H29N5O2/c1-20(2,3)17(18(26)22-4)25-19(27)24-15-10-6-5-9-14(15)16(21)13-8-7-11-23-12-13/h7-8,11-12,17,21H,5-6,9-10H2,1-4H3,(H,22,26)(H2,24,25,27)/p+1/t17-/m1/s1. The SMILES string of the molecule is CNC(=O)[C@@H](NC(=O)[NH2+]C1=C(C(=N)c2cccnc2)CCCC1)C(C)(C)C. The van der Waals surface area contributed by atoms with E-state index in [1.165, 1.54) is 0 Å². The molecule has 1 aromatic rings. The zero-order valence-electron chi connectivity index (χ0n) is 16.6. The maximum atomic E-state index is 12.6. The number of nitrogens with zero attached hydrogens (tertiary/aromatic N) is 1. The molecule has 5 N–H and O–H groups in total. The summed E-state index contributed by atoms with van der Waals surface area (Å²) in [6.45, 7) is 5.74. The average molecular weight is 372 g/mol. The fourth-order valence-electron chi connectivity index (χ4n) is 3.22. The summed E-state index contributed by atoms with van der Waals surface area (Å²) in [6, 6.07) is 2.74. The monoisotopic (exact) mass is 372 g/mol. The molecule has 1 aliphatic rings. The Bertz CT molecular complexity index is 734. The van der Waals surface area contributed by atoms with Gasteiger partial charge < -0.3 is 5.32 Å². The van der Waals surface area contributed by atoms with Gasteiger partial charge in [-0.15, -0.1) is 0 Å². The van der Waals surface area contributed by atoms with E-state index in [9.17, 15) is 9.59 Å². The molecule has 1 heterocycles. The molecule has 146 valence electrons. The van der Waals surface area contributed by atoms with Crippen molar-refractivity contribution in [2.24, 2.45) is 5.41 Å². The fraction of sp³-hybridized carbons (Fsp3) is 0.500. The summed E-state index contributed by atoms with van der Waals surface area (Å²) >= 11 is 0. The summed E-state index contributed by atoms with van der Waals surface area (Å²) in [5.41, 5.74) is 2.52. The van der Waals surface area contributed by atoms with Gasteiger partial charge in [-0.25, -0.2) is 10.1 Å². The second-order valence-electron chi connectivity index (χ2n) is 7.89. The molecule has 1 aromatic heterocycles. The lowest BCUT2D eigenvalue weighted by molar-refractivity contribution is -0.507. The van der Waals surface area contributed by atoms with Gasteiger partial charge in [0.05, 0.1) is 5.71 Å². The van der Waals surface area contributed by atoms with Gasteiger partial charge in [0.15, 0.2) is 0 Å². The van der Waals surface area contributed by atoms with Crippen LogP contribution < -0.4 is 16.0 Å². The van der Waals surface area contributed by atoms with Gasteiger partial charge in [-0.05, 0) is 36.8 Å². The molecule has 1 aliphatic carbocycles. The van der Waals surface area contributed by atoms with Gasteiger partial charge in [0, 0.05) is 37.0 Å². The maximum Gasteiger partial charge on any atom is 0.418 e. The molecule has 7 heteroatoms. The lowest BCUT2D eigenvalue weighted by atomic mass is 9.86. The van der Waals surface area contributed by atoms with Gasteiger partial charge in [0.2, 0.25) is 5.91 Å². The topological polar surface area (TPSA) is 112 Å². The van der Waals surface area contributed by atoms with Gasteiger partial charge in [-0.1, -0.05) is 20.8 Å². The number of primary amides is 1. The van der Waals surface area contributed by atoms with Crippen molar-refractivity contribution in [2.75, 3.05) is 7.05 Å². The molecule has 0 aliphatic heterocycles. The van der Waals surface area contributed by atoms with E-state index in [2.05, 4.69) is 15.6 Å². The van der Waals surface area contributed by atoms with Crippen molar-refractivity contribution in [3.8, 4) is 0 Å². The third-order valence-electron chi connectivity index (χ3n) is 4.73. The molecule has 0 bridgehead atoms. The summed E-state index contributed by atoms with van der Waals surface area (Å²) in [7, 11) is 1.56. The van der Waals surface area contributed by atoms with Gasteiger partial charge in [-0.2, -0.15) is 0 Å². The number of rotatable bonds is 5. The Kier molecular flexibility index (Phi) is 6.85. The molecule has 0 saturated carbocycles. The van der Waals surface area contributed by atoms with E-state index < -0.39 is 11.5 Å². The summed E-state index contributed by atoms with van der Waals surface area (Å²) in [6.07, 6.45) is 6.86. The number of nitrogens with two attached hydrogens (primary N) is 1. The molecule has 7 nitrogen and oxygen atoms in total. The van der Waals surface area contributed by atoms with Crippen LogP contribution in [0.25, 0.3) is 0 Å². The lowest BCUT2D eigenvalue weighted by Crippen LogP contribution is -2.90. The van der Waals surface area contributed by atoms with Gasteiger partial charge in [0.1, 0.15) is 11.7 Å². The first kappa shape index (κ1) is 20.8. The number of carbonyl (C=O) groups is 2. The highest BCUT2D eigenvalue weighted by atomic mass is 16.2. The molecule has 27 heavy (non-hydrogen) atoms. The Labute approximate surface area is 160 Å². The molecule has 0 saturated heterocycles. The molecule has 1 atom stereocenters. The molecular weight excluding hydrogens is 342 g/mol. The number of hydrogen-bond acceptors (Lipinski definition) is 4. The quantitative estimate of drug-likeness (QED) is 0.590. The number of pyridine rings is 1. The van der Waals surface area contributed by atoms with Crippen molar-refractivity contribution in [3.63, 3.8) is 0 Å². The number of carbonyl (C=O) groups excluding carboxylic acids is 2. The summed E-state index contributed by atoms with van der Waals surface area (Å²) < 4.78 is 0. The fourth-order valence-corrected chi connectivity index (χ4v) is 3.22. The van der Waals surface area contributed by atoms with Crippen LogP contribution in [0.4, 0.5) is 4.79 Å². The summed E-state index contributed by atoms with van der Waals surface area (Å²) in [4.78, 5) is 28.9. The Morgan fingerprint density at radius 3 is 2.56 bits per heavy atom. The van der Waals surface area contributed by atoms with E-state index in [-0.39, 0.29) is 11.9 Å². The van der Waals surface area contributed by atoms with E-state index in [4.69, 9.17) is 5.41 Å². The third-order valence-corrected chi connectivity index (χ3v) is 4.73. The van der Waals surface area contributed by atoms with E-state index in [0.29, 0.717) is 5.71 Å². The van der Waals surface area contributed by atoms with E-state index in [1.807, 2.05) is 26.8 Å². The number of allylic oxidation sites excluding steroid dienone is 2. The van der Waals surface area contributed by atoms with E-state index in [1.54, 1.807) is 30.8 Å². The highest BCUT2D eigenvalue weighted by Crippen LogP contribution is 2.24. The normalized spacial score (nSPS) is 15.9. The maximum absolute atomic E-state index is 12.6. The zero-order chi connectivity index (χ0) is 20.0. The van der Waals surface area contributed by atoms with Crippen molar-refractivity contribution in [3.05, 3.63) is 41.4 Å². The van der Waals surface area contributed by atoms with Crippen LogP contribution in [-0.4, -0.2) is 35.7 Å². The molecular formula is C20H30N5O2+. The van der Waals surface area contributed by atoms with Crippen LogP contribution in [-0.2, 0) is 4.79 Å². The van der Waals surface area contributed by atoms with Crippen molar-refractivity contribution in [2.45, 2.75) is 52.5 Å². The van der Waals surface area contributed by atoms with Gasteiger partial charge >= 0.3 is 6.03 Å². The minimum absolute atomic E-state index is 0.217. The predicted molar refractivity (Wildman–Crippen MR) is 104 cm³/mol. The number of likely N-dealkylation sites (N-methyl/N-ethyl adjacent to an activating group) is 1. The van der Waals surface area contributed by atoms with Crippen LogP contribution in [0.15, 0.2) is 35.8 Å². The molecule has 0 unspecified atom stereocenters. The van der Waals surface area contributed by atoms with E-state index >= 15 is 0 Å². The average Bonchev–Trinajstić information content (AvgIpc) is 2.65. The second kappa shape index (κ2) is 8.90. The second-order valence-corrected chi connectivity index (χ2v) is 7.89. The third kappa shape index (κ3) is 5.47. The van der Waals surface area contributed by atoms with Crippen molar-refractivity contribution in [1.82, 2.24) is 15.6 Å². The Balaban J connectivity index is 2.19. The minimum Gasteiger partial charge on any atom is -0.357 e. The van der Waals surface area contributed by atoms with Crippen molar-refractivity contribution < 1.29 is 14.9 Å². The Morgan fingerprint density at radius 1 is 1.26 bits per heavy atom. The van der Waals surface area contributed by atoms with Crippen molar-refractivity contribution in [1.29, 1.82) is 5.41 Å². The molecule has 0 fully saturated rings. The largest absolute Gasteiger partial charge is 0.418 e. The van der Waals surface area contributed by atoms with Crippen LogP contribution in [0.2, 0.25) is 0 Å². The molecule has 0 radical (unpaired) electrons. The molecule has 0 spiro atoms. The first-order valence-electron chi connectivity index (χ1n) is 9.32. The zero-order valence-corrected chi connectivity index (χ0v) is 16.6. The van der Waals surface area contributed by atoms with Crippen LogP contribution in [0, 0.1) is 10.8 Å². The smallest absolute Gasteiger partial charge is 0.357 e. The number of aromatic nitrogens is 1. The number of hydrogen-bond donors (Lipinski definition) is 4. The molecule has 2 rings (SSSR count). The lowest BCUT2D eigenvalue weighted by Gasteiger charge is -2.29. The Morgan fingerprint density at radius 2 is 1.96 bits per heavy atom. The predicted octanol–water partition coefficient (Wildman–Crippen LogP) is 1.71. The first-order valence-corrected chi connectivity index (χ1v) is 9.32. The summed E-state index contributed by atoms with van der Waals surface area (Å²) in [5, 5.41) is 15.5. The number of quaternary nitrogens is 1. The molecule has 3 amide bonds. The highest BCUT2D eigenvalue weighted by Gasteiger charge is 2.34. The Hall–Kier alpha value is -2.54. The summed E-state index contributed by atoms with van der Waals surface area (Å²) in [5.74, 6) is -0.217. The first-order chi connectivity index (χ1) is 12.7. The van der Waals surface area contributed by atoms with Gasteiger partial charge in [0.25, 0.3) is 0 Å². The number of urea groups is 1. The van der Waals surface area contributed by atoms with Crippen LogP contribution in [0.5, 0.6) is 0 Å². The minimum atomic E-state index is -0.628. The van der Waals surface area contributed by atoms with Crippen LogP contribution >= 0.6 is 0 Å². The highest BCUT2D eigenvalue weighted by molar-refractivity contribution is 6.10. The van der Waals surface area contributed by atoms with Gasteiger partial charge in [-0.3, -0.25) is 20.5 Å². The van der Waals surface area contributed by atoms with E-state index in [0.717, 1.165) is 42.5 Å². The van der Waals surface area contributed by atoms with Crippen molar-refractivity contribution >= 4 is 17.6 Å². The molecule has 0 aromatic carbocycles. The van der Waals surface area contributed by atoms with Crippen LogP contribution in [0.1, 0.15) is 52.0 Å². The number of nitrogens with one attached hydrogen (secondary N) is 3. The number of amides is 3. The van der Waals surface area contributed by atoms with Crippen LogP contribution in [0.3, 0.4) is 0 Å².